The first-order valence-corrected chi connectivity index (χ1v) is 10.1. The Morgan fingerprint density at radius 1 is 1.26 bits per heavy atom. The summed E-state index contributed by atoms with van der Waals surface area (Å²) < 4.78 is 45.3. The monoisotopic (exact) mass is 401 g/mol. The summed E-state index contributed by atoms with van der Waals surface area (Å²) in [7, 11) is -3.26. The van der Waals surface area contributed by atoms with Gasteiger partial charge in [0.15, 0.2) is 11.8 Å². The van der Waals surface area contributed by atoms with Crippen molar-refractivity contribution in [1.82, 2.24) is 4.31 Å². The second-order valence-corrected chi connectivity index (χ2v) is 8.13. The summed E-state index contributed by atoms with van der Waals surface area (Å²) in [5, 5.41) is 0. The number of aliphatic imine (C=N–C) groups is 1. The van der Waals surface area contributed by atoms with Gasteiger partial charge < -0.3 is 21.1 Å². The van der Waals surface area contributed by atoms with Gasteiger partial charge in [-0.15, -0.1) is 4.99 Å². The summed E-state index contributed by atoms with van der Waals surface area (Å²) in [5.74, 6) is -0.858. The molecule has 4 N–H and O–H groups in total. The number of anilines is 1. The van der Waals surface area contributed by atoms with Crippen LogP contribution < -0.4 is 16.4 Å². The Balaban J connectivity index is 2.04. The molecule has 1 saturated heterocycles. The predicted octanol–water partition coefficient (Wildman–Crippen LogP) is 0.598. The predicted molar refractivity (Wildman–Crippen MR) is 100 cm³/mol. The van der Waals surface area contributed by atoms with E-state index < -0.39 is 27.9 Å². The zero-order chi connectivity index (χ0) is 20.0. The minimum Gasteiger partial charge on any atom is -0.443 e. The molecule has 0 radical (unpaired) electrons. The molecule has 1 aromatic carbocycles. The van der Waals surface area contributed by atoms with Crippen LogP contribution >= 0.6 is 0 Å². The van der Waals surface area contributed by atoms with E-state index in [2.05, 4.69) is 4.99 Å². The van der Waals surface area contributed by atoms with Crippen molar-refractivity contribution in [3.63, 3.8) is 0 Å². The largest absolute Gasteiger partial charge is 0.443 e. The van der Waals surface area contributed by atoms with Crippen LogP contribution in [0.1, 0.15) is 18.9 Å². The molecule has 9 nitrogen and oxygen atoms in total. The number of benzene rings is 1. The van der Waals surface area contributed by atoms with E-state index in [9.17, 15) is 17.6 Å². The van der Waals surface area contributed by atoms with E-state index in [4.69, 9.17) is 16.2 Å². The van der Waals surface area contributed by atoms with Crippen LogP contribution in [-0.2, 0) is 21.4 Å². The van der Waals surface area contributed by atoms with Crippen molar-refractivity contribution in [3.05, 3.63) is 29.6 Å². The number of nitrogens with zero attached hydrogens (tertiary/aromatic N) is 3. The van der Waals surface area contributed by atoms with Crippen LogP contribution in [0.5, 0.6) is 0 Å². The quantitative estimate of drug-likeness (QED) is 0.527. The Hall–Kier alpha value is -2.40. The van der Waals surface area contributed by atoms with E-state index in [1.165, 1.54) is 10.4 Å². The number of piperazine rings is 1. The lowest BCUT2D eigenvalue weighted by Gasteiger charge is -2.35. The zero-order valence-corrected chi connectivity index (χ0v) is 15.9. The molecule has 2 rings (SSSR count). The lowest BCUT2D eigenvalue weighted by atomic mass is 10.1. The van der Waals surface area contributed by atoms with Crippen LogP contribution in [0.2, 0.25) is 0 Å². The average molecular weight is 401 g/mol. The topological polar surface area (TPSA) is 131 Å². The first kappa shape index (κ1) is 20.9. The third-order valence-corrected chi connectivity index (χ3v) is 6.14. The number of nitrogens with two attached hydrogens (primary N) is 2. The molecule has 0 spiro atoms. The fraction of sp³-hybridized carbons (Fsp3) is 0.500. The Morgan fingerprint density at radius 2 is 1.93 bits per heavy atom. The van der Waals surface area contributed by atoms with Gasteiger partial charge in [0.05, 0.1) is 11.4 Å². The molecular formula is C16H24FN5O4S. The number of rotatable bonds is 6. The molecule has 27 heavy (non-hydrogen) atoms. The maximum atomic E-state index is 14.8. The zero-order valence-electron chi connectivity index (χ0n) is 15.1. The Bertz CT molecular complexity index is 803. The molecule has 1 aromatic rings. The average Bonchev–Trinajstić information content (AvgIpc) is 2.60. The maximum absolute atomic E-state index is 14.8. The van der Waals surface area contributed by atoms with Crippen molar-refractivity contribution in [2.45, 2.75) is 20.0 Å². The van der Waals surface area contributed by atoms with Crippen LogP contribution in [0.4, 0.5) is 14.9 Å². The Morgan fingerprint density at radius 3 is 2.52 bits per heavy atom. The Labute approximate surface area is 157 Å². The van der Waals surface area contributed by atoms with Gasteiger partial charge in [0, 0.05) is 31.7 Å². The normalized spacial score (nSPS) is 15.4. The summed E-state index contributed by atoms with van der Waals surface area (Å²) in [6, 6.07) is 4.73. The third-order valence-electron chi connectivity index (χ3n) is 4.06. The number of halogens is 1. The fourth-order valence-electron chi connectivity index (χ4n) is 2.79. The standard InChI is InChI=1S/C16H24FN5O4S/c1-2-10-27(24,25)22-8-6-21(7-9-22)13-5-3-4-12(14(13)17)11-26-16(23)20-15(18)19/h3-5H,2,6-11H2,1H3,(H4,18,19,20,23). The number of sulfonamides is 1. The highest BCUT2D eigenvalue weighted by Gasteiger charge is 2.27. The highest BCUT2D eigenvalue weighted by molar-refractivity contribution is 7.89. The molecule has 0 saturated carbocycles. The van der Waals surface area contributed by atoms with E-state index in [0.717, 1.165) is 0 Å². The number of hydrogen-bond acceptors (Lipinski definition) is 5. The molecule has 0 atom stereocenters. The van der Waals surface area contributed by atoms with E-state index in [0.29, 0.717) is 38.3 Å². The van der Waals surface area contributed by atoms with Crippen molar-refractivity contribution < 1.29 is 22.3 Å². The lowest BCUT2D eigenvalue weighted by molar-refractivity contribution is 0.149. The van der Waals surface area contributed by atoms with Gasteiger partial charge in [-0.25, -0.2) is 17.6 Å². The van der Waals surface area contributed by atoms with Crippen LogP contribution in [0.15, 0.2) is 23.2 Å². The van der Waals surface area contributed by atoms with Crippen LogP contribution in [0.25, 0.3) is 0 Å². The molecule has 0 aliphatic carbocycles. The number of guanidine groups is 1. The number of ether oxygens (including phenoxy) is 1. The SMILES string of the molecule is CCCS(=O)(=O)N1CCN(c2cccc(COC(=O)N=C(N)N)c2F)CC1. The van der Waals surface area contributed by atoms with E-state index in [1.807, 2.05) is 6.92 Å². The van der Waals surface area contributed by atoms with Crippen molar-refractivity contribution in [2.75, 3.05) is 36.8 Å². The number of carbonyl (C=O) groups excluding carboxylic acids is 1. The highest BCUT2D eigenvalue weighted by Crippen LogP contribution is 2.25. The molecule has 1 heterocycles. The van der Waals surface area contributed by atoms with Gasteiger partial charge in [-0.2, -0.15) is 4.31 Å². The van der Waals surface area contributed by atoms with Crippen molar-refractivity contribution in [1.29, 1.82) is 0 Å². The first-order valence-electron chi connectivity index (χ1n) is 8.51. The van der Waals surface area contributed by atoms with E-state index >= 15 is 0 Å². The summed E-state index contributed by atoms with van der Waals surface area (Å²) in [6.07, 6.45) is -0.452. The van der Waals surface area contributed by atoms with Gasteiger partial charge in [0.1, 0.15) is 6.61 Å². The summed E-state index contributed by atoms with van der Waals surface area (Å²) >= 11 is 0. The maximum Gasteiger partial charge on any atom is 0.437 e. The molecule has 1 aliphatic heterocycles. The summed E-state index contributed by atoms with van der Waals surface area (Å²) in [5.41, 5.74) is 10.7. The molecule has 11 heteroatoms. The van der Waals surface area contributed by atoms with Crippen LogP contribution in [0, 0.1) is 5.82 Å². The van der Waals surface area contributed by atoms with Gasteiger partial charge in [-0.3, -0.25) is 0 Å². The fourth-order valence-corrected chi connectivity index (χ4v) is 4.29. The summed E-state index contributed by atoms with van der Waals surface area (Å²) in [6.45, 7) is 2.83. The van der Waals surface area contributed by atoms with Crippen LogP contribution in [0.3, 0.4) is 0 Å². The van der Waals surface area contributed by atoms with Crippen molar-refractivity contribution in [2.24, 2.45) is 16.5 Å². The molecule has 1 aliphatic rings. The van der Waals surface area contributed by atoms with Gasteiger partial charge in [0.25, 0.3) is 0 Å². The third kappa shape index (κ3) is 5.54. The van der Waals surface area contributed by atoms with Gasteiger partial charge in [-0.1, -0.05) is 19.1 Å². The second kappa shape index (κ2) is 9.00. The van der Waals surface area contributed by atoms with E-state index in [1.54, 1.807) is 17.0 Å². The minimum atomic E-state index is -3.26. The second-order valence-electron chi connectivity index (χ2n) is 6.04. The molecule has 1 amide bonds. The lowest BCUT2D eigenvalue weighted by Crippen LogP contribution is -2.49. The van der Waals surface area contributed by atoms with Gasteiger partial charge in [0.2, 0.25) is 10.0 Å². The van der Waals surface area contributed by atoms with E-state index in [-0.39, 0.29) is 17.9 Å². The smallest absolute Gasteiger partial charge is 0.437 e. The molecule has 0 aromatic heterocycles. The van der Waals surface area contributed by atoms with Gasteiger partial charge >= 0.3 is 6.09 Å². The number of carbonyl (C=O) groups is 1. The Kier molecular flexibility index (Phi) is 6.97. The molecule has 150 valence electrons. The molecule has 0 bridgehead atoms. The molecule has 0 unspecified atom stereocenters. The number of hydrogen-bond donors (Lipinski definition) is 2. The first-order chi connectivity index (χ1) is 12.7. The molecule has 1 fully saturated rings. The number of amides is 1. The highest BCUT2D eigenvalue weighted by atomic mass is 32.2. The minimum absolute atomic E-state index is 0.109. The van der Waals surface area contributed by atoms with Crippen molar-refractivity contribution in [3.8, 4) is 0 Å². The summed E-state index contributed by atoms with van der Waals surface area (Å²) in [4.78, 5) is 16.3. The molecular weight excluding hydrogens is 377 g/mol. The van der Waals surface area contributed by atoms with Gasteiger partial charge in [-0.05, 0) is 12.5 Å². The van der Waals surface area contributed by atoms with Crippen LogP contribution in [-0.4, -0.2) is 56.7 Å². The van der Waals surface area contributed by atoms with Crippen molar-refractivity contribution >= 4 is 27.8 Å².